The van der Waals surface area contributed by atoms with Crippen LogP contribution in [0.2, 0.25) is 0 Å². The minimum Gasteiger partial charge on any atom is -0.478 e. The fourth-order valence-electron chi connectivity index (χ4n) is 2.65. The number of benzene rings is 1. The van der Waals surface area contributed by atoms with E-state index in [0.29, 0.717) is 6.42 Å². The molecule has 0 aliphatic heterocycles. The third-order valence-electron chi connectivity index (χ3n) is 4.10. The molecule has 0 aromatic heterocycles. The summed E-state index contributed by atoms with van der Waals surface area (Å²) in [5.74, 6) is -0.924. The van der Waals surface area contributed by atoms with Crippen molar-refractivity contribution >= 4 is 11.7 Å². The zero-order valence-electron chi connectivity index (χ0n) is 14.6. The second-order valence-electron chi connectivity index (χ2n) is 6.36. The van der Waals surface area contributed by atoms with Crippen molar-refractivity contribution in [2.45, 2.75) is 70.4 Å². The van der Waals surface area contributed by atoms with Crippen LogP contribution < -0.4 is 5.32 Å². The molecular weight excluding hydrogens is 331 g/mol. The summed E-state index contributed by atoms with van der Waals surface area (Å²) >= 11 is 0. The van der Waals surface area contributed by atoms with E-state index in [1.807, 2.05) is 0 Å². The molecule has 1 aromatic rings. The Morgan fingerprint density at radius 3 is 1.80 bits per heavy atom. The third-order valence-corrected chi connectivity index (χ3v) is 4.10. The van der Waals surface area contributed by atoms with Crippen LogP contribution in [0, 0.1) is 0 Å². The van der Waals surface area contributed by atoms with E-state index in [1.54, 1.807) is 24.3 Å². The Kier molecular flexibility index (Phi) is 10.0. The number of carboxylic acids is 1. The average molecular weight is 359 g/mol. The minimum absolute atomic E-state index is 0.253. The number of aromatic carboxylic acids is 1. The summed E-state index contributed by atoms with van der Waals surface area (Å²) in [4.78, 5) is 10.7. The van der Waals surface area contributed by atoms with Gasteiger partial charge in [0, 0.05) is 18.7 Å². The van der Waals surface area contributed by atoms with Gasteiger partial charge in [-0.15, -0.1) is 0 Å². The Bertz CT molecular complexity index is 486. The van der Waals surface area contributed by atoms with Crippen molar-refractivity contribution < 1.29 is 23.1 Å². The van der Waals surface area contributed by atoms with Crippen LogP contribution in [0.4, 0.5) is 18.9 Å². The highest BCUT2D eigenvalue weighted by Crippen LogP contribution is 2.23. The van der Waals surface area contributed by atoms with Crippen molar-refractivity contribution in [1.29, 1.82) is 0 Å². The van der Waals surface area contributed by atoms with E-state index in [2.05, 4.69) is 5.32 Å². The van der Waals surface area contributed by atoms with Gasteiger partial charge in [0.05, 0.1) is 5.56 Å². The van der Waals surface area contributed by atoms with Crippen LogP contribution in [0.15, 0.2) is 24.3 Å². The maximum absolute atomic E-state index is 12.0. The molecule has 0 unspecified atom stereocenters. The van der Waals surface area contributed by atoms with Crippen LogP contribution in [0.5, 0.6) is 0 Å². The molecule has 2 N–H and O–H groups in total. The number of hydrogen-bond donors (Lipinski definition) is 2. The van der Waals surface area contributed by atoms with Crippen LogP contribution in [0.3, 0.4) is 0 Å². The third kappa shape index (κ3) is 11.5. The SMILES string of the molecule is O=C(O)c1ccc(NCCCCCCCCCCCC(F)(F)F)cc1. The highest BCUT2D eigenvalue weighted by molar-refractivity contribution is 5.87. The Balaban J connectivity index is 1.90. The van der Waals surface area contributed by atoms with E-state index in [0.717, 1.165) is 57.2 Å². The topological polar surface area (TPSA) is 49.3 Å². The average Bonchev–Trinajstić information content (AvgIpc) is 2.55. The number of hydrogen-bond acceptors (Lipinski definition) is 2. The van der Waals surface area contributed by atoms with Gasteiger partial charge >= 0.3 is 12.1 Å². The molecule has 1 aromatic carbocycles. The van der Waals surface area contributed by atoms with E-state index in [4.69, 9.17) is 5.11 Å². The van der Waals surface area contributed by atoms with E-state index >= 15 is 0 Å². The summed E-state index contributed by atoms with van der Waals surface area (Å²) in [7, 11) is 0. The Hall–Kier alpha value is -1.72. The molecule has 6 heteroatoms. The minimum atomic E-state index is -4.01. The molecule has 0 saturated carbocycles. The van der Waals surface area contributed by atoms with Crippen molar-refractivity contribution in [3.63, 3.8) is 0 Å². The van der Waals surface area contributed by atoms with Gasteiger partial charge in [0.25, 0.3) is 0 Å². The molecule has 0 saturated heterocycles. The zero-order chi connectivity index (χ0) is 18.5. The molecule has 0 atom stereocenters. The fraction of sp³-hybridized carbons (Fsp3) is 0.632. The lowest BCUT2D eigenvalue weighted by Crippen LogP contribution is -2.06. The first-order chi connectivity index (χ1) is 11.9. The fourth-order valence-corrected chi connectivity index (χ4v) is 2.65. The standard InChI is InChI=1S/C19H28F3NO2/c20-19(21,22)14-8-6-4-2-1-3-5-7-9-15-23-17-12-10-16(11-13-17)18(24)25/h10-13,23H,1-9,14-15H2,(H,24,25). The number of alkyl halides is 3. The van der Waals surface area contributed by atoms with Crippen molar-refractivity contribution in [1.82, 2.24) is 0 Å². The van der Waals surface area contributed by atoms with Gasteiger partial charge in [0.2, 0.25) is 0 Å². The highest BCUT2D eigenvalue weighted by atomic mass is 19.4. The summed E-state index contributed by atoms with van der Waals surface area (Å²) < 4.78 is 35.9. The first-order valence-corrected chi connectivity index (χ1v) is 9.02. The van der Waals surface area contributed by atoms with Crippen molar-refractivity contribution in [3.05, 3.63) is 29.8 Å². The van der Waals surface area contributed by atoms with Gasteiger partial charge in [-0.1, -0.05) is 44.9 Å². The molecule has 0 aliphatic carbocycles. The summed E-state index contributed by atoms with van der Waals surface area (Å²) in [6.07, 6.45) is 3.71. The Morgan fingerprint density at radius 2 is 1.32 bits per heavy atom. The number of halogens is 3. The molecule has 0 fully saturated rings. The maximum atomic E-state index is 12.0. The molecule has 142 valence electrons. The van der Waals surface area contributed by atoms with E-state index in [-0.39, 0.29) is 12.0 Å². The molecule has 0 amide bonds. The predicted octanol–water partition coefficient (Wildman–Crippen LogP) is 6.26. The number of rotatable bonds is 13. The van der Waals surface area contributed by atoms with Crippen LogP contribution in [0.25, 0.3) is 0 Å². The zero-order valence-corrected chi connectivity index (χ0v) is 14.6. The largest absolute Gasteiger partial charge is 0.478 e. The van der Waals surface area contributed by atoms with Crippen molar-refractivity contribution in [2.24, 2.45) is 0 Å². The molecule has 0 heterocycles. The van der Waals surface area contributed by atoms with Crippen LogP contribution in [0.1, 0.15) is 74.6 Å². The van der Waals surface area contributed by atoms with Gasteiger partial charge in [0.1, 0.15) is 0 Å². The number of unbranched alkanes of at least 4 members (excludes halogenated alkanes) is 8. The lowest BCUT2D eigenvalue weighted by molar-refractivity contribution is -0.135. The second kappa shape index (κ2) is 11.8. The van der Waals surface area contributed by atoms with Gasteiger partial charge in [-0.25, -0.2) is 4.79 Å². The first kappa shape index (κ1) is 21.3. The summed E-state index contributed by atoms with van der Waals surface area (Å²) in [6, 6.07) is 6.70. The lowest BCUT2D eigenvalue weighted by Gasteiger charge is -2.07. The van der Waals surface area contributed by atoms with E-state index in [1.165, 1.54) is 0 Å². The van der Waals surface area contributed by atoms with Crippen molar-refractivity contribution in [2.75, 3.05) is 11.9 Å². The normalized spacial score (nSPS) is 11.5. The maximum Gasteiger partial charge on any atom is 0.389 e. The monoisotopic (exact) mass is 359 g/mol. The van der Waals surface area contributed by atoms with Gasteiger partial charge in [0.15, 0.2) is 0 Å². The van der Waals surface area contributed by atoms with E-state index < -0.39 is 18.6 Å². The van der Waals surface area contributed by atoms with Crippen LogP contribution >= 0.6 is 0 Å². The smallest absolute Gasteiger partial charge is 0.389 e. The lowest BCUT2D eigenvalue weighted by atomic mass is 10.1. The van der Waals surface area contributed by atoms with Crippen LogP contribution in [-0.4, -0.2) is 23.8 Å². The molecule has 25 heavy (non-hydrogen) atoms. The van der Waals surface area contributed by atoms with Gasteiger partial charge in [-0.3, -0.25) is 0 Å². The highest BCUT2D eigenvalue weighted by Gasteiger charge is 2.25. The van der Waals surface area contributed by atoms with Gasteiger partial charge in [-0.05, 0) is 37.1 Å². The number of carboxylic acid groups (broad SMARTS) is 1. The van der Waals surface area contributed by atoms with Crippen LogP contribution in [-0.2, 0) is 0 Å². The molecule has 3 nitrogen and oxygen atoms in total. The summed E-state index contributed by atoms with van der Waals surface area (Å²) in [5.41, 5.74) is 1.20. The predicted molar refractivity (Wildman–Crippen MR) is 94.1 cm³/mol. The molecule has 0 radical (unpaired) electrons. The quantitative estimate of drug-likeness (QED) is 0.409. The number of nitrogens with one attached hydrogen (secondary N) is 1. The Labute approximate surface area is 147 Å². The number of carbonyl (C=O) groups is 1. The summed E-state index contributed by atoms with van der Waals surface area (Å²) in [5, 5.41) is 12.1. The molecular formula is C19H28F3NO2. The van der Waals surface area contributed by atoms with Crippen molar-refractivity contribution in [3.8, 4) is 0 Å². The van der Waals surface area contributed by atoms with E-state index in [9.17, 15) is 18.0 Å². The van der Waals surface area contributed by atoms with Gasteiger partial charge < -0.3 is 10.4 Å². The molecule has 0 spiro atoms. The Morgan fingerprint density at radius 1 is 0.840 bits per heavy atom. The first-order valence-electron chi connectivity index (χ1n) is 9.02. The second-order valence-corrected chi connectivity index (χ2v) is 6.36. The molecule has 1 rings (SSSR count). The summed E-state index contributed by atoms with van der Waals surface area (Å²) in [6.45, 7) is 0.851. The molecule has 0 aliphatic rings. The number of anilines is 1. The van der Waals surface area contributed by atoms with Gasteiger partial charge in [-0.2, -0.15) is 13.2 Å². The molecule has 0 bridgehead atoms.